The van der Waals surface area contributed by atoms with Crippen molar-refractivity contribution in [3.05, 3.63) is 58.6 Å². The third-order valence-electron chi connectivity index (χ3n) is 3.41. The van der Waals surface area contributed by atoms with Crippen molar-refractivity contribution < 1.29 is 17.9 Å². The Morgan fingerprint density at radius 3 is 2.29 bits per heavy atom. The minimum absolute atomic E-state index is 0.0205. The second-order valence-electron chi connectivity index (χ2n) is 5.05. The Labute approximate surface area is 146 Å². The summed E-state index contributed by atoms with van der Waals surface area (Å²) >= 11 is 6.04. The Bertz CT molecular complexity index is 832. The van der Waals surface area contributed by atoms with E-state index in [1.807, 2.05) is 0 Å². The monoisotopic (exact) mass is 367 g/mol. The number of rotatable bonds is 6. The molecule has 0 atom stereocenters. The third-order valence-corrected chi connectivity index (χ3v) is 5.49. The molecule has 0 aromatic heterocycles. The molecule has 24 heavy (non-hydrogen) atoms. The molecular formula is C17H18ClNO4S. The summed E-state index contributed by atoms with van der Waals surface area (Å²) in [4.78, 5) is 11.9. The molecule has 2 aromatic rings. The molecule has 2 N–H and O–H groups in total. The first-order chi connectivity index (χ1) is 11.4. The summed E-state index contributed by atoms with van der Waals surface area (Å²) in [6, 6.07) is 10.5. The number of esters is 1. The van der Waals surface area contributed by atoms with E-state index in [9.17, 15) is 13.2 Å². The van der Waals surface area contributed by atoms with Gasteiger partial charge >= 0.3 is 5.97 Å². The molecule has 128 valence electrons. The highest BCUT2D eigenvalue weighted by atomic mass is 35.5. The van der Waals surface area contributed by atoms with Gasteiger partial charge in [0.15, 0.2) is 0 Å². The number of hydrogen-bond acceptors (Lipinski definition) is 5. The molecule has 0 aliphatic rings. The fourth-order valence-corrected chi connectivity index (χ4v) is 3.78. The van der Waals surface area contributed by atoms with Crippen molar-refractivity contribution >= 4 is 27.4 Å². The molecule has 0 bridgehead atoms. The highest BCUT2D eigenvalue weighted by Gasteiger charge is 2.20. The van der Waals surface area contributed by atoms with Crippen LogP contribution in [0.1, 0.15) is 22.8 Å². The fourth-order valence-electron chi connectivity index (χ4n) is 2.18. The van der Waals surface area contributed by atoms with Gasteiger partial charge in [-0.2, -0.15) is 0 Å². The summed E-state index contributed by atoms with van der Waals surface area (Å²) in [6.45, 7) is 2.39. The molecule has 5 nitrogen and oxygen atoms in total. The smallest absolute Gasteiger partial charge is 0.339 e. The third kappa shape index (κ3) is 3.95. The predicted molar refractivity (Wildman–Crippen MR) is 92.1 cm³/mol. The Morgan fingerprint density at radius 1 is 1.12 bits per heavy atom. The standard InChI is InChI=1S/C17H18ClNO4S/c1-2-23-17(20)15-8-7-14(11-16(15)18)24(21,22)13-5-3-12(4-6-13)9-10-19/h3-8,11H,2,9-10,19H2,1H3. The first-order valence-electron chi connectivity index (χ1n) is 7.41. The topological polar surface area (TPSA) is 86.5 Å². The van der Waals surface area contributed by atoms with Crippen LogP contribution >= 0.6 is 11.6 Å². The van der Waals surface area contributed by atoms with Crippen molar-refractivity contribution in [2.75, 3.05) is 13.2 Å². The van der Waals surface area contributed by atoms with Crippen LogP contribution in [0.3, 0.4) is 0 Å². The van der Waals surface area contributed by atoms with Gasteiger partial charge in [0.05, 0.1) is 27.0 Å². The van der Waals surface area contributed by atoms with Gasteiger partial charge in [0.1, 0.15) is 0 Å². The lowest BCUT2D eigenvalue weighted by Crippen LogP contribution is -2.08. The minimum Gasteiger partial charge on any atom is -0.462 e. The molecule has 7 heteroatoms. The maximum absolute atomic E-state index is 12.7. The normalized spacial score (nSPS) is 11.3. The van der Waals surface area contributed by atoms with Gasteiger partial charge in [0.25, 0.3) is 0 Å². The molecular weight excluding hydrogens is 350 g/mol. The maximum Gasteiger partial charge on any atom is 0.339 e. The zero-order valence-corrected chi connectivity index (χ0v) is 14.7. The molecule has 2 aromatic carbocycles. The van der Waals surface area contributed by atoms with Crippen LogP contribution in [-0.2, 0) is 21.0 Å². The summed E-state index contributed by atoms with van der Waals surface area (Å²) in [7, 11) is -3.72. The van der Waals surface area contributed by atoms with E-state index in [1.165, 1.54) is 30.3 Å². The number of nitrogens with two attached hydrogens (primary N) is 1. The number of carbonyl (C=O) groups excluding carboxylic acids is 1. The summed E-state index contributed by atoms with van der Waals surface area (Å²) in [5.74, 6) is -0.586. The second-order valence-corrected chi connectivity index (χ2v) is 7.41. The number of sulfone groups is 1. The van der Waals surface area contributed by atoms with Crippen LogP contribution in [0.25, 0.3) is 0 Å². The van der Waals surface area contributed by atoms with Gasteiger partial charge in [-0.1, -0.05) is 23.7 Å². The van der Waals surface area contributed by atoms with Gasteiger partial charge in [-0.05, 0) is 55.8 Å². The second kappa shape index (κ2) is 7.79. The first kappa shape index (κ1) is 18.4. The summed E-state index contributed by atoms with van der Waals surface area (Å²) in [5, 5.41) is 0.0364. The van der Waals surface area contributed by atoms with Gasteiger partial charge < -0.3 is 10.5 Å². The van der Waals surface area contributed by atoms with Crippen LogP contribution in [0.5, 0.6) is 0 Å². The predicted octanol–water partition coefficient (Wildman–Crippen LogP) is 2.85. The van der Waals surface area contributed by atoms with Crippen LogP contribution in [-0.4, -0.2) is 27.5 Å². The number of halogens is 1. The zero-order chi connectivity index (χ0) is 17.7. The van der Waals surface area contributed by atoms with Crippen LogP contribution in [0, 0.1) is 0 Å². The molecule has 0 aliphatic heterocycles. The van der Waals surface area contributed by atoms with E-state index in [0.29, 0.717) is 13.0 Å². The summed E-state index contributed by atoms with van der Waals surface area (Å²) in [5.41, 5.74) is 6.58. The van der Waals surface area contributed by atoms with E-state index >= 15 is 0 Å². The van der Waals surface area contributed by atoms with Gasteiger partial charge in [-0.25, -0.2) is 13.2 Å². The maximum atomic E-state index is 12.7. The quantitative estimate of drug-likeness (QED) is 0.793. The molecule has 2 rings (SSSR count). The fraction of sp³-hybridized carbons (Fsp3) is 0.235. The average Bonchev–Trinajstić information content (AvgIpc) is 2.55. The summed E-state index contributed by atoms with van der Waals surface area (Å²) < 4.78 is 30.2. The van der Waals surface area contributed by atoms with Crippen molar-refractivity contribution in [1.82, 2.24) is 0 Å². The molecule has 0 saturated carbocycles. The average molecular weight is 368 g/mol. The van der Waals surface area contributed by atoms with Crippen molar-refractivity contribution in [2.45, 2.75) is 23.1 Å². The molecule has 0 radical (unpaired) electrons. The van der Waals surface area contributed by atoms with Crippen molar-refractivity contribution in [3.8, 4) is 0 Å². The highest BCUT2D eigenvalue weighted by Crippen LogP contribution is 2.26. The van der Waals surface area contributed by atoms with Crippen LogP contribution in [0.2, 0.25) is 5.02 Å². The molecule has 0 amide bonds. The lowest BCUT2D eigenvalue weighted by atomic mass is 10.2. The van der Waals surface area contributed by atoms with Crippen LogP contribution in [0.15, 0.2) is 52.3 Å². The number of benzene rings is 2. The molecule has 0 heterocycles. The van der Waals surface area contributed by atoms with E-state index in [2.05, 4.69) is 0 Å². The first-order valence-corrected chi connectivity index (χ1v) is 9.27. The lowest BCUT2D eigenvalue weighted by molar-refractivity contribution is 0.0526. The van der Waals surface area contributed by atoms with Gasteiger partial charge in [0, 0.05) is 0 Å². The Hall–Kier alpha value is -1.89. The van der Waals surface area contributed by atoms with Crippen LogP contribution in [0.4, 0.5) is 0 Å². The SMILES string of the molecule is CCOC(=O)c1ccc(S(=O)(=O)c2ccc(CCN)cc2)cc1Cl. The highest BCUT2D eigenvalue weighted by molar-refractivity contribution is 7.91. The van der Waals surface area contributed by atoms with E-state index < -0.39 is 15.8 Å². The molecule has 0 spiro atoms. The van der Waals surface area contributed by atoms with E-state index in [-0.39, 0.29) is 27.0 Å². The largest absolute Gasteiger partial charge is 0.462 e. The number of hydrogen-bond donors (Lipinski definition) is 1. The molecule has 0 fully saturated rings. The zero-order valence-electron chi connectivity index (χ0n) is 13.2. The number of carbonyl (C=O) groups is 1. The van der Waals surface area contributed by atoms with Crippen LogP contribution < -0.4 is 5.73 Å². The lowest BCUT2D eigenvalue weighted by Gasteiger charge is -2.09. The number of ether oxygens (including phenoxy) is 1. The van der Waals surface area contributed by atoms with Crippen molar-refractivity contribution in [2.24, 2.45) is 5.73 Å². The summed E-state index contributed by atoms with van der Waals surface area (Å²) in [6.07, 6.45) is 0.681. The molecule has 0 saturated heterocycles. The van der Waals surface area contributed by atoms with E-state index in [4.69, 9.17) is 22.1 Å². The van der Waals surface area contributed by atoms with Gasteiger partial charge in [-0.15, -0.1) is 0 Å². The molecule has 0 unspecified atom stereocenters. The van der Waals surface area contributed by atoms with Crippen molar-refractivity contribution in [3.63, 3.8) is 0 Å². The van der Waals surface area contributed by atoms with Crippen molar-refractivity contribution in [1.29, 1.82) is 0 Å². The Kier molecular flexibility index (Phi) is 5.99. The van der Waals surface area contributed by atoms with Gasteiger partial charge in [0.2, 0.25) is 9.84 Å². The minimum atomic E-state index is -3.72. The Morgan fingerprint density at radius 2 is 1.75 bits per heavy atom. The van der Waals surface area contributed by atoms with Gasteiger partial charge in [-0.3, -0.25) is 0 Å². The molecule has 0 aliphatic carbocycles. The Balaban J connectivity index is 2.35. The van der Waals surface area contributed by atoms with E-state index in [1.54, 1.807) is 19.1 Å². The van der Waals surface area contributed by atoms with E-state index in [0.717, 1.165) is 5.56 Å².